The largest absolute Gasteiger partial charge is 0.493 e. The minimum Gasteiger partial charge on any atom is -0.493 e. The number of ether oxygens (including phenoxy) is 1. The van der Waals surface area contributed by atoms with Crippen LogP contribution >= 0.6 is 0 Å². The molecule has 1 heterocycles. The molecule has 1 aromatic carbocycles. The molecule has 3 aliphatic rings. The van der Waals surface area contributed by atoms with E-state index >= 15 is 0 Å². The summed E-state index contributed by atoms with van der Waals surface area (Å²) in [7, 11) is 0. The maximum atomic E-state index is 12.4. The van der Waals surface area contributed by atoms with Crippen molar-refractivity contribution >= 4 is 5.91 Å². The predicted octanol–water partition coefficient (Wildman–Crippen LogP) is 3.45. The minimum atomic E-state index is 0.126. The summed E-state index contributed by atoms with van der Waals surface area (Å²) in [4.78, 5) is 12.4. The molecule has 0 unspecified atom stereocenters. The Morgan fingerprint density at radius 3 is 2.90 bits per heavy atom. The van der Waals surface area contributed by atoms with Gasteiger partial charge in [-0.15, -0.1) is 0 Å². The second-order valence-electron chi connectivity index (χ2n) is 6.93. The molecule has 21 heavy (non-hydrogen) atoms. The normalized spacial score (nSPS) is 33.3. The van der Waals surface area contributed by atoms with E-state index in [1.165, 1.54) is 25.7 Å². The van der Waals surface area contributed by atoms with Crippen LogP contribution in [0.15, 0.2) is 24.3 Å². The molecular weight excluding hydrogens is 262 g/mol. The lowest BCUT2D eigenvalue weighted by atomic mass is 9.86. The van der Waals surface area contributed by atoms with E-state index in [1.54, 1.807) is 0 Å². The van der Waals surface area contributed by atoms with E-state index < -0.39 is 0 Å². The molecule has 0 aromatic heterocycles. The molecule has 2 aliphatic carbocycles. The number of para-hydroxylation sites is 1. The van der Waals surface area contributed by atoms with Gasteiger partial charge >= 0.3 is 0 Å². The second-order valence-corrected chi connectivity index (χ2v) is 6.93. The highest BCUT2D eigenvalue weighted by molar-refractivity contribution is 5.77. The van der Waals surface area contributed by atoms with Gasteiger partial charge in [0.25, 0.3) is 0 Å². The van der Waals surface area contributed by atoms with Crippen LogP contribution in [0, 0.1) is 17.8 Å². The number of nitrogens with one attached hydrogen (secondary N) is 1. The van der Waals surface area contributed by atoms with Gasteiger partial charge in [-0.1, -0.05) is 24.6 Å². The van der Waals surface area contributed by atoms with Crippen LogP contribution in [0.4, 0.5) is 0 Å². The van der Waals surface area contributed by atoms with Crippen molar-refractivity contribution < 1.29 is 9.53 Å². The molecule has 1 N–H and O–H groups in total. The summed E-state index contributed by atoms with van der Waals surface area (Å²) in [5.74, 6) is 3.53. The first-order valence-corrected chi connectivity index (χ1v) is 8.30. The van der Waals surface area contributed by atoms with Gasteiger partial charge in [0.05, 0.1) is 12.6 Å². The highest BCUT2D eigenvalue weighted by Gasteiger charge is 2.40. The zero-order valence-corrected chi connectivity index (χ0v) is 12.4. The number of hydrogen-bond acceptors (Lipinski definition) is 2. The quantitative estimate of drug-likeness (QED) is 0.923. The molecule has 0 saturated heterocycles. The zero-order valence-electron chi connectivity index (χ0n) is 12.4. The molecule has 4 rings (SSSR count). The first-order valence-electron chi connectivity index (χ1n) is 8.30. The van der Waals surface area contributed by atoms with Crippen LogP contribution in [0.1, 0.15) is 50.1 Å². The Bertz CT molecular complexity index is 542. The van der Waals surface area contributed by atoms with Crippen molar-refractivity contribution in [2.24, 2.45) is 17.8 Å². The van der Waals surface area contributed by atoms with Gasteiger partial charge in [0.15, 0.2) is 0 Å². The number of benzene rings is 1. The van der Waals surface area contributed by atoms with E-state index in [0.29, 0.717) is 12.5 Å². The van der Waals surface area contributed by atoms with Crippen LogP contribution in [0.5, 0.6) is 5.75 Å². The second kappa shape index (κ2) is 5.36. The number of fused-ring (bicyclic) bond motifs is 3. The summed E-state index contributed by atoms with van der Waals surface area (Å²) in [5, 5.41) is 3.24. The van der Waals surface area contributed by atoms with Crippen LogP contribution < -0.4 is 10.1 Å². The van der Waals surface area contributed by atoms with Crippen molar-refractivity contribution in [3.8, 4) is 5.75 Å². The Kier molecular flexibility index (Phi) is 3.36. The lowest BCUT2D eigenvalue weighted by molar-refractivity contribution is -0.123. The van der Waals surface area contributed by atoms with Crippen molar-refractivity contribution in [1.29, 1.82) is 0 Å². The molecule has 2 fully saturated rings. The first-order chi connectivity index (χ1) is 10.3. The van der Waals surface area contributed by atoms with Crippen molar-refractivity contribution in [3.63, 3.8) is 0 Å². The highest BCUT2D eigenvalue weighted by atomic mass is 16.5. The maximum Gasteiger partial charge on any atom is 0.220 e. The summed E-state index contributed by atoms with van der Waals surface area (Å²) in [6.45, 7) is 0.691. The third-order valence-electron chi connectivity index (χ3n) is 5.63. The fourth-order valence-electron chi connectivity index (χ4n) is 4.61. The van der Waals surface area contributed by atoms with Crippen LogP contribution in [0.3, 0.4) is 0 Å². The summed E-state index contributed by atoms with van der Waals surface area (Å²) < 4.78 is 5.66. The molecule has 3 heteroatoms. The third kappa shape index (κ3) is 2.54. The Morgan fingerprint density at radius 2 is 2.10 bits per heavy atom. The first kappa shape index (κ1) is 13.2. The van der Waals surface area contributed by atoms with Crippen LogP contribution in [-0.2, 0) is 4.79 Å². The van der Waals surface area contributed by atoms with Crippen molar-refractivity contribution in [3.05, 3.63) is 29.8 Å². The number of hydrogen-bond donors (Lipinski definition) is 1. The molecule has 2 bridgehead atoms. The van der Waals surface area contributed by atoms with Gasteiger partial charge in [0, 0.05) is 18.4 Å². The summed E-state index contributed by atoms with van der Waals surface area (Å²) in [6, 6.07) is 8.18. The third-order valence-corrected chi connectivity index (χ3v) is 5.63. The number of carbonyl (C=O) groups excluding carboxylic acids is 1. The van der Waals surface area contributed by atoms with Gasteiger partial charge in [-0.05, 0) is 43.1 Å². The van der Waals surface area contributed by atoms with Gasteiger partial charge < -0.3 is 10.1 Å². The molecular formula is C18H23NO2. The number of carbonyl (C=O) groups is 1. The summed E-state index contributed by atoms with van der Waals surface area (Å²) in [6.07, 6.45) is 7.00. The Labute approximate surface area is 126 Å². The monoisotopic (exact) mass is 285 g/mol. The predicted molar refractivity (Wildman–Crippen MR) is 81.0 cm³/mol. The van der Waals surface area contributed by atoms with Crippen molar-refractivity contribution in [1.82, 2.24) is 5.32 Å². The minimum absolute atomic E-state index is 0.126. The molecule has 112 valence electrons. The van der Waals surface area contributed by atoms with Gasteiger partial charge in [0.2, 0.25) is 5.91 Å². The fraction of sp³-hybridized carbons (Fsp3) is 0.611. The SMILES string of the molecule is O=C(C[C@@H]1C[C@H]2CC[C@H]1C2)N[C@H]1CCOc2ccccc21. The molecule has 1 aromatic rings. The van der Waals surface area contributed by atoms with E-state index in [4.69, 9.17) is 4.74 Å². The van der Waals surface area contributed by atoms with Gasteiger partial charge in [-0.25, -0.2) is 0 Å². The van der Waals surface area contributed by atoms with Gasteiger partial charge in [-0.3, -0.25) is 4.79 Å². The van der Waals surface area contributed by atoms with E-state index in [2.05, 4.69) is 11.4 Å². The maximum absolute atomic E-state index is 12.4. The highest BCUT2D eigenvalue weighted by Crippen LogP contribution is 2.49. The number of rotatable bonds is 3. The molecule has 0 spiro atoms. The molecule has 0 radical (unpaired) electrons. The summed E-state index contributed by atoms with van der Waals surface area (Å²) in [5.41, 5.74) is 1.13. The van der Waals surface area contributed by atoms with Crippen LogP contribution in [0.25, 0.3) is 0 Å². The van der Waals surface area contributed by atoms with Gasteiger partial charge in [-0.2, -0.15) is 0 Å². The Hall–Kier alpha value is -1.51. The average Bonchev–Trinajstić information content (AvgIpc) is 3.10. The van der Waals surface area contributed by atoms with E-state index in [9.17, 15) is 4.79 Å². The van der Waals surface area contributed by atoms with E-state index in [-0.39, 0.29) is 11.9 Å². The van der Waals surface area contributed by atoms with Crippen molar-refractivity contribution in [2.45, 2.75) is 44.6 Å². The van der Waals surface area contributed by atoms with E-state index in [1.807, 2.05) is 18.2 Å². The van der Waals surface area contributed by atoms with E-state index in [0.717, 1.165) is 36.0 Å². The molecule has 3 nitrogen and oxygen atoms in total. The summed E-state index contributed by atoms with van der Waals surface area (Å²) >= 11 is 0. The molecule has 2 saturated carbocycles. The van der Waals surface area contributed by atoms with Crippen LogP contribution in [-0.4, -0.2) is 12.5 Å². The topological polar surface area (TPSA) is 38.3 Å². The molecule has 1 aliphatic heterocycles. The van der Waals surface area contributed by atoms with Crippen molar-refractivity contribution in [2.75, 3.05) is 6.61 Å². The molecule has 4 atom stereocenters. The number of amides is 1. The molecule has 1 amide bonds. The zero-order chi connectivity index (χ0) is 14.2. The standard InChI is InChI=1S/C18H23NO2/c20-18(11-14-10-12-5-6-13(14)9-12)19-16-7-8-21-17-4-2-1-3-15(16)17/h1-4,12-14,16H,5-11H2,(H,19,20)/t12-,13-,14-,16-/m0/s1. The lowest BCUT2D eigenvalue weighted by Crippen LogP contribution is -2.33. The lowest BCUT2D eigenvalue weighted by Gasteiger charge is -2.28. The fourth-order valence-corrected chi connectivity index (χ4v) is 4.61. The average molecular weight is 285 g/mol. The Balaban J connectivity index is 1.39. The van der Waals surface area contributed by atoms with Gasteiger partial charge in [0.1, 0.15) is 5.75 Å². The Morgan fingerprint density at radius 1 is 1.19 bits per heavy atom. The smallest absolute Gasteiger partial charge is 0.220 e. The van der Waals surface area contributed by atoms with Crippen LogP contribution in [0.2, 0.25) is 0 Å².